The summed E-state index contributed by atoms with van der Waals surface area (Å²) in [6, 6.07) is -0.805. The molecule has 0 aromatic heterocycles. The van der Waals surface area contributed by atoms with Crippen LogP contribution in [0.4, 0.5) is 0 Å². The summed E-state index contributed by atoms with van der Waals surface area (Å²) in [7, 11) is 0. The van der Waals surface area contributed by atoms with Gasteiger partial charge in [-0.2, -0.15) is 0 Å². The molecule has 9 heteroatoms. The molecule has 0 aliphatic carbocycles. The molecule has 0 saturated carbocycles. The van der Waals surface area contributed by atoms with Crippen molar-refractivity contribution in [3.05, 3.63) is 36.5 Å². The lowest BCUT2D eigenvalue weighted by molar-refractivity contribution is -0.302. The minimum absolute atomic E-state index is 0.169. The van der Waals surface area contributed by atoms with Gasteiger partial charge in [0.05, 0.1) is 25.4 Å². The first-order valence-corrected chi connectivity index (χ1v) is 37.7. The molecule has 1 heterocycles. The summed E-state index contributed by atoms with van der Waals surface area (Å²) in [4.78, 5) is 13.2. The highest BCUT2D eigenvalue weighted by molar-refractivity contribution is 5.76. The third-order valence-electron chi connectivity index (χ3n) is 18.2. The van der Waals surface area contributed by atoms with Crippen LogP contribution in [0.3, 0.4) is 0 Å². The number of allylic oxidation sites excluding steroid dienone is 5. The average Bonchev–Trinajstić information content (AvgIpc) is 3.54. The second-order valence-electron chi connectivity index (χ2n) is 26.4. The maximum atomic E-state index is 13.2. The van der Waals surface area contributed by atoms with E-state index in [4.69, 9.17) is 9.47 Å². The summed E-state index contributed by atoms with van der Waals surface area (Å²) in [5, 5.41) is 54.9. The molecule has 1 fully saturated rings. The van der Waals surface area contributed by atoms with Crippen LogP contribution < -0.4 is 5.32 Å². The van der Waals surface area contributed by atoms with Gasteiger partial charge in [0.25, 0.3) is 0 Å². The standard InChI is InChI=1S/C76H145NO8/c1-3-5-7-9-11-13-15-17-19-21-23-25-27-29-31-33-35-37-39-41-43-45-47-49-51-53-55-57-59-61-63-65-70(79)69(68-84-76-75(83)74(82)73(81)71(67-78)85-76)77-72(80)66-64-62-60-58-56-54-52-50-48-46-44-42-40-38-36-34-32-30-28-26-24-22-20-18-16-14-12-10-8-6-4-2/h16,18,22,24,63,65,69-71,73-76,78-79,81-83H,3-15,17,19-21,23,25-62,64,66-68H2,1-2H3,(H,77,80)/b18-16-,24-22-,65-63+. The summed E-state index contributed by atoms with van der Waals surface area (Å²) in [6.45, 7) is 3.83. The monoisotopic (exact) mass is 1200 g/mol. The number of nitrogens with one attached hydrogen (secondary N) is 1. The van der Waals surface area contributed by atoms with Gasteiger partial charge in [-0.05, 0) is 51.4 Å². The topological polar surface area (TPSA) is 149 Å². The fraction of sp³-hybridized carbons (Fsp3) is 0.908. The van der Waals surface area contributed by atoms with Gasteiger partial charge in [-0.3, -0.25) is 4.79 Å². The van der Waals surface area contributed by atoms with Crippen LogP contribution in [0.5, 0.6) is 0 Å². The Morgan fingerprint density at radius 1 is 0.400 bits per heavy atom. The van der Waals surface area contributed by atoms with Crippen molar-refractivity contribution < 1.29 is 39.8 Å². The van der Waals surface area contributed by atoms with Crippen LogP contribution in [0.15, 0.2) is 36.5 Å². The number of ether oxygens (including phenoxy) is 2. The summed E-state index contributed by atoms with van der Waals surface area (Å²) in [5.74, 6) is -0.169. The van der Waals surface area contributed by atoms with E-state index in [1.54, 1.807) is 6.08 Å². The van der Waals surface area contributed by atoms with Gasteiger partial charge in [0.2, 0.25) is 5.91 Å². The summed E-state index contributed by atoms with van der Waals surface area (Å²) in [5.41, 5.74) is 0. The summed E-state index contributed by atoms with van der Waals surface area (Å²) >= 11 is 0. The molecule has 7 atom stereocenters. The average molecular weight is 1200 g/mol. The van der Waals surface area contributed by atoms with Crippen LogP contribution >= 0.6 is 0 Å². The molecule has 1 rings (SSSR count). The number of carbonyl (C=O) groups is 1. The molecule has 7 unspecified atom stereocenters. The van der Waals surface area contributed by atoms with E-state index in [0.717, 1.165) is 44.9 Å². The van der Waals surface area contributed by atoms with Gasteiger partial charge >= 0.3 is 0 Å². The maximum absolute atomic E-state index is 13.2. The second kappa shape index (κ2) is 65.4. The largest absolute Gasteiger partial charge is 0.394 e. The predicted molar refractivity (Wildman–Crippen MR) is 364 cm³/mol. The predicted octanol–water partition coefficient (Wildman–Crippen LogP) is 21.0. The summed E-state index contributed by atoms with van der Waals surface area (Å²) < 4.78 is 11.3. The summed E-state index contributed by atoms with van der Waals surface area (Å²) in [6.07, 6.45) is 81.3. The first-order chi connectivity index (χ1) is 41.8. The van der Waals surface area contributed by atoms with Crippen molar-refractivity contribution in [2.24, 2.45) is 0 Å². The van der Waals surface area contributed by atoms with Gasteiger partial charge in [0.1, 0.15) is 24.4 Å². The lowest BCUT2D eigenvalue weighted by atomic mass is 9.99. The Morgan fingerprint density at radius 2 is 0.694 bits per heavy atom. The van der Waals surface area contributed by atoms with Gasteiger partial charge in [-0.15, -0.1) is 0 Å². The Labute approximate surface area is 527 Å². The van der Waals surface area contributed by atoms with Crippen LogP contribution in [0.2, 0.25) is 0 Å². The molecule has 0 bridgehead atoms. The minimum atomic E-state index is -1.57. The molecule has 9 nitrogen and oxygen atoms in total. The zero-order valence-corrected chi connectivity index (χ0v) is 56.4. The Bertz CT molecular complexity index is 1440. The molecule has 1 aliphatic rings. The van der Waals surface area contributed by atoms with Crippen molar-refractivity contribution in [2.75, 3.05) is 13.2 Å². The van der Waals surface area contributed by atoms with E-state index >= 15 is 0 Å². The zero-order chi connectivity index (χ0) is 61.4. The van der Waals surface area contributed by atoms with Gasteiger partial charge in [0, 0.05) is 6.42 Å². The number of unbranched alkanes of at least 4 members (excludes halogenated alkanes) is 53. The smallest absolute Gasteiger partial charge is 0.220 e. The number of aliphatic hydroxyl groups excluding tert-OH is 5. The van der Waals surface area contributed by atoms with E-state index in [9.17, 15) is 30.3 Å². The van der Waals surface area contributed by atoms with Crippen LogP contribution in [0.25, 0.3) is 0 Å². The van der Waals surface area contributed by atoms with Crippen molar-refractivity contribution in [1.82, 2.24) is 5.32 Å². The van der Waals surface area contributed by atoms with Crippen LogP contribution in [-0.2, 0) is 14.3 Å². The third-order valence-corrected chi connectivity index (χ3v) is 18.2. The zero-order valence-electron chi connectivity index (χ0n) is 56.4. The molecule has 0 aromatic carbocycles. The Morgan fingerprint density at radius 3 is 1.01 bits per heavy atom. The molecule has 0 spiro atoms. The van der Waals surface area contributed by atoms with E-state index in [-0.39, 0.29) is 12.5 Å². The Balaban J connectivity index is 2.09. The molecule has 6 N–H and O–H groups in total. The number of carbonyl (C=O) groups excluding carboxylic acids is 1. The van der Waals surface area contributed by atoms with Crippen LogP contribution in [0.1, 0.15) is 386 Å². The number of hydrogen-bond acceptors (Lipinski definition) is 8. The molecule has 502 valence electrons. The second-order valence-corrected chi connectivity index (χ2v) is 26.4. The van der Waals surface area contributed by atoms with Gasteiger partial charge in [-0.1, -0.05) is 365 Å². The van der Waals surface area contributed by atoms with Crippen molar-refractivity contribution in [3.63, 3.8) is 0 Å². The molecule has 1 saturated heterocycles. The first kappa shape index (κ1) is 81.4. The van der Waals surface area contributed by atoms with Gasteiger partial charge in [0.15, 0.2) is 6.29 Å². The quantitative estimate of drug-likeness (QED) is 0.0261. The van der Waals surface area contributed by atoms with Crippen molar-refractivity contribution in [2.45, 2.75) is 429 Å². The lowest BCUT2D eigenvalue weighted by Gasteiger charge is -2.40. The maximum Gasteiger partial charge on any atom is 0.220 e. The first-order valence-electron chi connectivity index (χ1n) is 37.7. The van der Waals surface area contributed by atoms with Gasteiger partial charge in [-0.25, -0.2) is 0 Å². The molecule has 0 aromatic rings. The highest BCUT2D eigenvalue weighted by Gasteiger charge is 2.44. The molecule has 1 amide bonds. The van der Waals surface area contributed by atoms with E-state index in [2.05, 4.69) is 43.5 Å². The molecular formula is C76H145NO8. The third kappa shape index (κ3) is 53.9. The van der Waals surface area contributed by atoms with E-state index < -0.39 is 49.5 Å². The van der Waals surface area contributed by atoms with Crippen LogP contribution in [0, 0.1) is 0 Å². The SMILES string of the molecule is CCCCCCC/C=C\C/C=C\CCCCCCCCCCCCCCCCCCCCCC(=O)NC(COC1OC(CO)C(O)C(O)C1O)C(O)/C=C/CCCCCCCCCCCCCCCCCCCCCCCCCCCCCCC. The fourth-order valence-electron chi connectivity index (χ4n) is 12.3. The highest BCUT2D eigenvalue weighted by atomic mass is 16.7. The van der Waals surface area contributed by atoms with Crippen LogP contribution in [-0.4, -0.2) is 87.5 Å². The van der Waals surface area contributed by atoms with E-state index in [0.29, 0.717) is 6.42 Å². The minimum Gasteiger partial charge on any atom is -0.394 e. The highest BCUT2D eigenvalue weighted by Crippen LogP contribution is 2.24. The molecule has 85 heavy (non-hydrogen) atoms. The van der Waals surface area contributed by atoms with Crippen molar-refractivity contribution >= 4 is 5.91 Å². The number of hydrogen-bond donors (Lipinski definition) is 6. The molecule has 0 radical (unpaired) electrons. The number of amides is 1. The molecule has 1 aliphatic heterocycles. The Kier molecular flexibility index (Phi) is 62.6. The van der Waals surface area contributed by atoms with Gasteiger partial charge < -0.3 is 40.3 Å². The van der Waals surface area contributed by atoms with Crippen molar-refractivity contribution in [1.29, 1.82) is 0 Å². The lowest BCUT2D eigenvalue weighted by Crippen LogP contribution is -2.60. The Hall–Kier alpha value is -1.59. The number of aliphatic hydroxyl groups is 5. The van der Waals surface area contributed by atoms with E-state index in [1.807, 2.05) is 6.08 Å². The van der Waals surface area contributed by atoms with Crippen molar-refractivity contribution in [3.8, 4) is 0 Å². The molecular weight excluding hydrogens is 1050 g/mol. The number of rotatable bonds is 67. The normalized spacial score (nSPS) is 18.2. The van der Waals surface area contributed by atoms with E-state index in [1.165, 1.54) is 321 Å². The fourth-order valence-corrected chi connectivity index (χ4v) is 12.3.